The van der Waals surface area contributed by atoms with Crippen LogP contribution in [0.2, 0.25) is 0 Å². The van der Waals surface area contributed by atoms with Crippen molar-refractivity contribution in [2.45, 2.75) is 0 Å². The SMILES string of the molecule is [2H]c1c([2H])c(-c2c3ccccc3c(-c3c([2H])c([2H])c4c(oc5c([2H])c([2H])c([2H])c([2H])c54)c3[2H])c3ccccc23)c([2H])c([2H])c1-c1ccccc1. The van der Waals surface area contributed by atoms with Crippen LogP contribution in [0.15, 0.2) is 150 Å². The molecule has 0 fully saturated rings. The van der Waals surface area contributed by atoms with Crippen LogP contribution < -0.4 is 0 Å². The molecule has 7 aromatic carbocycles. The highest BCUT2D eigenvalue weighted by Gasteiger charge is 2.17. The summed E-state index contributed by atoms with van der Waals surface area (Å²) in [6.45, 7) is 0. The van der Waals surface area contributed by atoms with Gasteiger partial charge in [0, 0.05) is 10.8 Å². The zero-order valence-electron chi connectivity index (χ0n) is 31.4. The molecule has 8 rings (SSSR count). The first-order chi connectivity index (χ1) is 24.0. The number of benzene rings is 7. The van der Waals surface area contributed by atoms with E-state index in [2.05, 4.69) is 0 Å². The summed E-state index contributed by atoms with van der Waals surface area (Å²) in [7, 11) is 0. The summed E-state index contributed by atoms with van der Waals surface area (Å²) in [5.41, 5.74) is 1.44. The fourth-order valence-corrected chi connectivity index (χ4v) is 5.28. The van der Waals surface area contributed by atoms with E-state index in [4.69, 9.17) is 14.0 Å². The topological polar surface area (TPSA) is 13.1 Å². The molecule has 0 atom stereocenters. The van der Waals surface area contributed by atoms with Gasteiger partial charge in [0.1, 0.15) is 11.2 Å². The van der Waals surface area contributed by atoms with E-state index < -0.39 is 24.2 Å². The van der Waals surface area contributed by atoms with E-state index in [1.807, 2.05) is 6.07 Å². The molecule has 0 aliphatic carbocycles. The highest BCUT2D eigenvalue weighted by atomic mass is 16.3. The van der Waals surface area contributed by atoms with E-state index >= 15 is 0 Å². The fourth-order valence-electron chi connectivity index (χ4n) is 5.28. The summed E-state index contributed by atoms with van der Waals surface area (Å²) in [5, 5.41) is 2.06. The fraction of sp³-hybridized carbons (Fsp3) is 0. The minimum Gasteiger partial charge on any atom is -0.456 e. The summed E-state index contributed by atoms with van der Waals surface area (Å²) >= 11 is 0. The van der Waals surface area contributed by atoms with Crippen molar-refractivity contribution in [1.82, 2.24) is 0 Å². The molecule has 0 unspecified atom stereocenters. The van der Waals surface area contributed by atoms with Gasteiger partial charge in [-0.3, -0.25) is 0 Å². The van der Waals surface area contributed by atoms with E-state index in [9.17, 15) is 5.48 Å². The number of para-hydroxylation sites is 1. The first kappa shape index (κ1) is 13.6. The van der Waals surface area contributed by atoms with E-state index in [-0.39, 0.29) is 80.9 Å². The largest absolute Gasteiger partial charge is 0.456 e. The molecule has 0 N–H and O–H groups in total. The Kier molecular flexibility index (Phi) is 3.04. The van der Waals surface area contributed by atoms with Crippen LogP contribution in [0.5, 0.6) is 0 Å². The van der Waals surface area contributed by atoms with Crippen LogP contribution in [-0.2, 0) is 0 Å². The average Bonchev–Trinajstić information content (AvgIpc) is 3.54. The molecule has 0 spiro atoms. The molecule has 1 heteroatoms. The molecule has 0 radical (unpaired) electrons. The Bertz CT molecular complexity index is 2680. The van der Waals surface area contributed by atoms with Crippen LogP contribution in [-0.4, -0.2) is 0 Å². The Hall–Kier alpha value is -5.14. The molecule has 0 aliphatic rings. The van der Waals surface area contributed by atoms with E-state index in [0.717, 1.165) is 0 Å². The van der Waals surface area contributed by atoms with Gasteiger partial charge in [0.25, 0.3) is 0 Å². The van der Waals surface area contributed by atoms with Crippen LogP contribution in [0.4, 0.5) is 0 Å². The summed E-state index contributed by atoms with van der Waals surface area (Å²) < 4.78 is 103. The summed E-state index contributed by atoms with van der Waals surface area (Å²) in [6, 6.07) is 19.5. The lowest BCUT2D eigenvalue weighted by Gasteiger charge is -2.18. The lowest BCUT2D eigenvalue weighted by atomic mass is 9.85. The Labute approximate surface area is 242 Å². The van der Waals surface area contributed by atoms with Crippen molar-refractivity contribution in [3.8, 4) is 33.4 Å². The zero-order valence-corrected chi connectivity index (χ0v) is 20.4. The van der Waals surface area contributed by atoms with Gasteiger partial charge in [-0.05, 0) is 73.1 Å². The number of furan rings is 1. The maximum absolute atomic E-state index is 9.37. The highest BCUT2D eigenvalue weighted by Crippen LogP contribution is 2.44. The van der Waals surface area contributed by atoms with Gasteiger partial charge in [0.05, 0.1) is 15.1 Å². The normalized spacial score (nSPS) is 15.5. The Morgan fingerprint density at radius 2 is 0.897 bits per heavy atom. The van der Waals surface area contributed by atoms with Gasteiger partial charge < -0.3 is 4.42 Å². The van der Waals surface area contributed by atoms with Crippen molar-refractivity contribution in [2.24, 2.45) is 0 Å². The third-order valence-electron chi connectivity index (χ3n) is 7.00. The molecule has 0 aliphatic heterocycles. The summed E-state index contributed by atoms with van der Waals surface area (Å²) in [4.78, 5) is 0. The van der Waals surface area contributed by atoms with Crippen molar-refractivity contribution in [1.29, 1.82) is 0 Å². The molecule has 0 amide bonds. The molecular weight excluding hydrogens is 472 g/mol. The van der Waals surface area contributed by atoms with Crippen molar-refractivity contribution in [3.63, 3.8) is 0 Å². The maximum Gasteiger partial charge on any atom is 0.136 e. The van der Waals surface area contributed by atoms with Crippen LogP contribution in [0.3, 0.4) is 0 Å². The van der Waals surface area contributed by atoms with Gasteiger partial charge in [0.15, 0.2) is 0 Å². The van der Waals surface area contributed by atoms with Gasteiger partial charge in [-0.25, -0.2) is 0 Å². The monoisotopic (exact) mass is 507 g/mol. The molecule has 0 saturated carbocycles. The molecular formula is C38H24O. The Morgan fingerprint density at radius 3 is 1.56 bits per heavy atom. The summed E-state index contributed by atoms with van der Waals surface area (Å²) in [5.74, 6) is 0. The molecule has 8 aromatic rings. The maximum atomic E-state index is 9.37. The Balaban J connectivity index is 1.52. The van der Waals surface area contributed by atoms with Gasteiger partial charge in [-0.2, -0.15) is 0 Å². The third kappa shape index (κ3) is 3.48. The average molecular weight is 508 g/mol. The third-order valence-corrected chi connectivity index (χ3v) is 7.00. The number of hydrogen-bond acceptors (Lipinski definition) is 1. The highest BCUT2D eigenvalue weighted by molar-refractivity contribution is 6.22. The quantitative estimate of drug-likeness (QED) is 0.217. The molecule has 1 aromatic heterocycles. The predicted molar refractivity (Wildman–Crippen MR) is 165 cm³/mol. The first-order valence-electron chi connectivity index (χ1n) is 18.0. The summed E-state index contributed by atoms with van der Waals surface area (Å²) in [6.07, 6.45) is 0. The van der Waals surface area contributed by atoms with E-state index in [1.54, 1.807) is 72.8 Å². The lowest BCUT2D eigenvalue weighted by molar-refractivity contribution is 0.669. The predicted octanol–water partition coefficient (Wildman–Crippen LogP) is 10.9. The molecule has 182 valence electrons. The second kappa shape index (κ2) is 8.72. The molecule has 0 saturated heterocycles. The lowest BCUT2D eigenvalue weighted by Crippen LogP contribution is -1.91. The number of hydrogen-bond donors (Lipinski definition) is 0. The minimum absolute atomic E-state index is 0.0434. The van der Waals surface area contributed by atoms with Gasteiger partial charge >= 0.3 is 0 Å². The van der Waals surface area contributed by atoms with Crippen LogP contribution in [0, 0.1) is 0 Å². The van der Waals surface area contributed by atoms with Crippen LogP contribution in [0.25, 0.3) is 76.9 Å². The van der Waals surface area contributed by atoms with E-state index in [1.165, 1.54) is 0 Å². The van der Waals surface area contributed by atoms with Crippen molar-refractivity contribution in [3.05, 3.63) is 145 Å². The minimum atomic E-state index is -0.510. The van der Waals surface area contributed by atoms with Crippen molar-refractivity contribution in [2.75, 3.05) is 0 Å². The van der Waals surface area contributed by atoms with Gasteiger partial charge in [-0.15, -0.1) is 0 Å². The molecule has 39 heavy (non-hydrogen) atoms. The van der Waals surface area contributed by atoms with E-state index in [0.29, 0.717) is 38.2 Å². The number of fused-ring (bicyclic) bond motifs is 5. The zero-order chi connectivity index (χ0) is 35.3. The Morgan fingerprint density at radius 1 is 0.385 bits per heavy atom. The van der Waals surface area contributed by atoms with Crippen molar-refractivity contribution >= 4 is 43.5 Å². The second-order valence-electron chi connectivity index (χ2n) is 9.22. The molecule has 1 nitrogen and oxygen atoms in total. The van der Waals surface area contributed by atoms with Gasteiger partial charge in [0.2, 0.25) is 0 Å². The number of rotatable bonds is 3. The first-order valence-corrected chi connectivity index (χ1v) is 12.5. The van der Waals surface area contributed by atoms with Gasteiger partial charge in [-0.1, -0.05) is 127 Å². The van der Waals surface area contributed by atoms with Crippen molar-refractivity contribution < 1.29 is 19.5 Å². The standard InChI is InChI=1S/C38H24O/c1-2-10-25(11-3-1)26-18-20-27(21-19-26)37-31-13-4-6-15-33(31)38(34-16-7-5-14-32(34)37)28-22-23-30-29-12-8-9-17-35(29)39-36(30)24-28/h1-24H/i8D,9D,12D,17D,18D,19D,20D,21D,22D,23D,24D. The van der Waals surface area contributed by atoms with Crippen LogP contribution >= 0.6 is 0 Å². The van der Waals surface area contributed by atoms with Crippen LogP contribution in [0.1, 0.15) is 15.1 Å². The molecule has 0 bridgehead atoms. The second-order valence-corrected chi connectivity index (χ2v) is 9.22. The molecule has 1 heterocycles. The smallest absolute Gasteiger partial charge is 0.136 e.